The van der Waals surface area contributed by atoms with Crippen LogP contribution in [0.25, 0.3) is 0 Å². The molecule has 1 aliphatic carbocycles. The number of carbonyl (C=O) groups excluding carboxylic acids is 2. The van der Waals surface area contributed by atoms with Crippen LogP contribution in [-0.2, 0) is 25.8 Å². The number of aryl methyl sites for hydroxylation is 2. The zero-order valence-electron chi connectivity index (χ0n) is 18.1. The highest BCUT2D eigenvalue weighted by molar-refractivity contribution is 7.92. The summed E-state index contributed by atoms with van der Waals surface area (Å²) in [6.07, 6.45) is 2.41. The highest BCUT2D eigenvalue weighted by Crippen LogP contribution is 2.37. The Hall–Kier alpha value is -2.67. The van der Waals surface area contributed by atoms with Crippen LogP contribution in [0.5, 0.6) is 0 Å². The lowest BCUT2D eigenvalue weighted by molar-refractivity contribution is -0.119. The summed E-state index contributed by atoms with van der Waals surface area (Å²) in [5, 5.41) is 1.96. The van der Waals surface area contributed by atoms with E-state index in [0.717, 1.165) is 35.2 Å². The van der Waals surface area contributed by atoms with Crippen molar-refractivity contribution in [2.75, 3.05) is 16.8 Å². The fourth-order valence-electron chi connectivity index (χ4n) is 4.09. The number of amides is 2. The Morgan fingerprint density at radius 2 is 1.87 bits per heavy atom. The molecule has 1 N–H and O–H groups in total. The van der Waals surface area contributed by atoms with Crippen molar-refractivity contribution in [3.05, 3.63) is 53.1 Å². The van der Waals surface area contributed by atoms with Crippen molar-refractivity contribution < 1.29 is 18.0 Å². The van der Waals surface area contributed by atoms with E-state index in [9.17, 15) is 18.0 Å². The van der Waals surface area contributed by atoms with Gasteiger partial charge in [0.05, 0.1) is 10.1 Å². The van der Waals surface area contributed by atoms with Gasteiger partial charge < -0.3 is 10.2 Å². The lowest BCUT2D eigenvalue weighted by Gasteiger charge is -2.18. The van der Waals surface area contributed by atoms with Crippen LogP contribution in [-0.4, -0.2) is 32.0 Å². The Morgan fingerprint density at radius 1 is 1.13 bits per heavy atom. The summed E-state index contributed by atoms with van der Waals surface area (Å²) in [5.41, 5.74) is 4.42. The molecule has 2 amide bonds. The minimum atomic E-state index is -3.67. The monoisotopic (exact) mass is 440 g/mol. The number of rotatable bonds is 6. The fraction of sp³-hybridized carbons (Fsp3) is 0.417. The van der Waals surface area contributed by atoms with Crippen molar-refractivity contribution in [2.45, 2.75) is 56.6 Å². The van der Waals surface area contributed by atoms with Gasteiger partial charge in [0.1, 0.15) is 0 Å². The molecule has 164 valence electrons. The minimum absolute atomic E-state index is 0.126. The molecule has 1 heterocycles. The van der Waals surface area contributed by atoms with Gasteiger partial charge in [-0.1, -0.05) is 17.7 Å². The molecule has 6 nitrogen and oxygen atoms in total. The van der Waals surface area contributed by atoms with E-state index >= 15 is 0 Å². The van der Waals surface area contributed by atoms with E-state index in [4.69, 9.17) is 0 Å². The van der Waals surface area contributed by atoms with Gasteiger partial charge in [-0.15, -0.1) is 0 Å². The van der Waals surface area contributed by atoms with Crippen LogP contribution in [0, 0.1) is 19.8 Å². The van der Waals surface area contributed by atoms with Crippen molar-refractivity contribution in [2.24, 2.45) is 5.92 Å². The first kappa shape index (κ1) is 21.6. The summed E-state index contributed by atoms with van der Waals surface area (Å²) in [4.78, 5) is 26.9. The molecule has 1 atom stereocenters. The summed E-state index contributed by atoms with van der Waals surface area (Å²) in [6, 6.07) is 10.7. The Bertz CT molecular complexity index is 1150. The molecule has 1 aliphatic heterocycles. The van der Waals surface area contributed by atoms with Gasteiger partial charge in [-0.2, -0.15) is 0 Å². The number of carbonyl (C=O) groups is 2. The number of nitrogens with one attached hydrogen (secondary N) is 1. The largest absolute Gasteiger partial charge is 0.326 e. The molecule has 1 fully saturated rings. The summed E-state index contributed by atoms with van der Waals surface area (Å²) >= 11 is 0. The zero-order chi connectivity index (χ0) is 22.3. The molecular formula is C24H28N2O4S. The van der Waals surface area contributed by atoms with E-state index in [-0.39, 0.29) is 29.0 Å². The Kier molecular flexibility index (Phi) is 5.64. The average Bonchev–Trinajstić information content (AvgIpc) is 3.48. The van der Waals surface area contributed by atoms with Gasteiger partial charge >= 0.3 is 0 Å². The van der Waals surface area contributed by atoms with Gasteiger partial charge in [-0.3, -0.25) is 9.59 Å². The normalized spacial score (nSPS) is 16.7. The minimum Gasteiger partial charge on any atom is -0.326 e. The lowest BCUT2D eigenvalue weighted by atomic mass is 10.1. The summed E-state index contributed by atoms with van der Waals surface area (Å²) in [7, 11) is -3.67. The third kappa shape index (κ3) is 4.37. The van der Waals surface area contributed by atoms with Gasteiger partial charge in [-0.05, 0) is 75.4 Å². The van der Waals surface area contributed by atoms with E-state index in [1.165, 1.54) is 0 Å². The number of hydrogen-bond donors (Lipinski definition) is 1. The second-order valence-electron chi connectivity index (χ2n) is 8.73. The van der Waals surface area contributed by atoms with Crippen molar-refractivity contribution >= 4 is 33.0 Å². The molecule has 2 aromatic rings. The molecule has 0 aromatic heterocycles. The molecule has 0 bridgehead atoms. The first-order chi connectivity index (χ1) is 14.7. The van der Waals surface area contributed by atoms with Crippen molar-refractivity contribution in [3.8, 4) is 0 Å². The number of anilines is 2. The molecule has 0 saturated heterocycles. The summed E-state index contributed by atoms with van der Waals surface area (Å²) in [5.74, 6) is -0.0544. The third-order valence-corrected chi connectivity index (χ3v) is 8.26. The highest BCUT2D eigenvalue weighted by Gasteiger charge is 2.37. The topological polar surface area (TPSA) is 83.6 Å². The Balaban J connectivity index is 1.46. The maximum Gasteiger partial charge on any atom is 0.230 e. The molecule has 0 radical (unpaired) electrons. The van der Waals surface area contributed by atoms with Crippen molar-refractivity contribution in [1.29, 1.82) is 0 Å². The second kappa shape index (κ2) is 8.11. The second-order valence-corrected chi connectivity index (χ2v) is 11.1. The van der Waals surface area contributed by atoms with Gasteiger partial charge in [0.2, 0.25) is 11.8 Å². The van der Waals surface area contributed by atoms with E-state index in [0.29, 0.717) is 18.7 Å². The quantitative estimate of drug-likeness (QED) is 0.741. The molecule has 0 spiro atoms. The van der Waals surface area contributed by atoms with E-state index in [2.05, 4.69) is 5.32 Å². The van der Waals surface area contributed by atoms with Gasteiger partial charge in [0, 0.05) is 30.3 Å². The number of nitrogens with zero attached hydrogens (tertiary/aromatic N) is 1. The molecule has 0 unspecified atom stereocenters. The predicted octanol–water partition coefficient (Wildman–Crippen LogP) is 3.79. The Morgan fingerprint density at radius 3 is 2.55 bits per heavy atom. The van der Waals surface area contributed by atoms with E-state index in [1.807, 2.05) is 32.0 Å². The number of hydrogen-bond acceptors (Lipinski definition) is 4. The first-order valence-electron chi connectivity index (χ1n) is 10.7. The van der Waals surface area contributed by atoms with Crippen LogP contribution in [0.3, 0.4) is 0 Å². The molecular weight excluding hydrogens is 412 g/mol. The van der Waals surface area contributed by atoms with Gasteiger partial charge in [0.25, 0.3) is 0 Å². The molecule has 7 heteroatoms. The smallest absolute Gasteiger partial charge is 0.230 e. The Labute approximate surface area is 183 Å². The van der Waals surface area contributed by atoms with Crippen LogP contribution in [0.4, 0.5) is 11.4 Å². The first-order valence-corrected chi connectivity index (χ1v) is 12.3. The molecule has 31 heavy (non-hydrogen) atoms. The van der Waals surface area contributed by atoms with E-state index < -0.39 is 15.1 Å². The van der Waals surface area contributed by atoms with Crippen LogP contribution < -0.4 is 10.2 Å². The lowest BCUT2D eigenvalue weighted by Crippen LogP contribution is -2.30. The number of sulfone groups is 1. The average molecular weight is 441 g/mol. The number of fused-ring (bicyclic) bond motifs is 1. The summed E-state index contributed by atoms with van der Waals surface area (Å²) in [6.45, 7) is 6.05. The van der Waals surface area contributed by atoms with Gasteiger partial charge in [-0.25, -0.2) is 8.42 Å². The maximum absolute atomic E-state index is 13.1. The van der Waals surface area contributed by atoms with Crippen molar-refractivity contribution in [1.82, 2.24) is 0 Å². The molecule has 4 rings (SSSR count). The van der Waals surface area contributed by atoms with E-state index in [1.54, 1.807) is 30.0 Å². The maximum atomic E-state index is 13.1. The van der Waals surface area contributed by atoms with Crippen LogP contribution in [0.15, 0.2) is 41.3 Å². The standard InChI is InChI=1S/C24H28N2O4S/c1-15-4-8-21(16(2)12-15)25-23(27)13-17(3)31(29,30)20-7-9-22-19(14-20)10-11-26(22)24(28)18-5-6-18/h4,7-9,12,14,17-18H,5-6,10-11,13H2,1-3H3,(H,25,27)/t17-/m0/s1. The molecule has 2 aromatic carbocycles. The van der Waals surface area contributed by atoms with Crippen LogP contribution in [0.2, 0.25) is 0 Å². The van der Waals surface area contributed by atoms with Crippen LogP contribution in [0.1, 0.15) is 42.9 Å². The number of benzene rings is 2. The predicted molar refractivity (Wildman–Crippen MR) is 121 cm³/mol. The molecule has 1 saturated carbocycles. The fourth-order valence-corrected chi connectivity index (χ4v) is 5.49. The van der Waals surface area contributed by atoms with Crippen LogP contribution >= 0.6 is 0 Å². The summed E-state index contributed by atoms with van der Waals surface area (Å²) < 4.78 is 26.2. The zero-order valence-corrected chi connectivity index (χ0v) is 19.0. The molecule has 2 aliphatic rings. The van der Waals surface area contributed by atoms with Gasteiger partial charge in [0.15, 0.2) is 9.84 Å². The van der Waals surface area contributed by atoms with Crippen molar-refractivity contribution in [3.63, 3.8) is 0 Å². The highest BCUT2D eigenvalue weighted by atomic mass is 32.2. The third-order valence-electron chi connectivity index (χ3n) is 6.13. The SMILES string of the molecule is Cc1ccc(NC(=O)C[C@H](C)S(=O)(=O)c2ccc3c(c2)CCN3C(=O)C2CC2)c(C)c1.